The highest BCUT2D eigenvalue weighted by Gasteiger charge is 2.25. The van der Waals surface area contributed by atoms with E-state index in [1.165, 1.54) is 0 Å². The smallest absolute Gasteiger partial charge is 0.112 e. The second kappa shape index (κ2) is 5.12. The number of aliphatic hydroxyl groups is 1. The lowest BCUT2D eigenvalue weighted by Gasteiger charge is -2.21. The van der Waals surface area contributed by atoms with E-state index in [4.69, 9.17) is 23.2 Å². The van der Waals surface area contributed by atoms with Crippen LogP contribution in [-0.2, 0) is 12.0 Å². The van der Waals surface area contributed by atoms with Gasteiger partial charge in [0.05, 0.1) is 18.0 Å². The van der Waals surface area contributed by atoms with Crippen molar-refractivity contribution in [3.05, 3.63) is 39.6 Å². The zero-order valence-electron chi connectivity index (χ0n) is 11.0. The molecule has 0 fully saturated rings. The Labute approximate surface area is 122 Å². The Kier molecular flexibility index (Phi) is 3.85. The van der Waals surface area contributed by atoms with E-state index in [1.54, 1.807) is 22.9 Å². The van der Waals surface area contributed by atoms with E-state index >= 15 is 0 Å². The molecule has 0 aliphatic carbocycles. The van der Waals surface area contributed by atoms with Crippen molar-refractivity contribution in [2.75, 3.05) is 0 Å². The van der Waals surface area contributed by atoms with Crippen LogP contribution in [0.25, 0.3) is 5.69 Å². The molecule has 2 rings (SSSR count). The summed E-state index contributed by atoms with van der Waals surface area (Å²) in [6.07, 6.45) is 0. The van der Waals surface area contributed by atoms with Crippen LogP contribution < -0.4 is 0 Å². The predicted molar refractivity (Wildman–Crippen MR) is 76.0 cm³/mol. The van der Waals surface area contributed by atoms with Crippen LogP contribution >= 0.6 is 23.2 Å². The molecule has 0 atom stereocenters. The van der Waals surface area contributed by atoms with Crippen LogP contribution in [0.15, 0.2) is 18.2 Å². The third kappa shape index (κ3) is 2.91. The van der Waals surface area contributed by atoms with Crippen LogP contribution in [0.5, 0.6) is 0 Å². The second-order valence-electron chi connectivity index (χ2n) is 5.33. The molecule has 0 unspecified atom stereocenters. The van der Waals surface area contributed by atoms with Crippen molar-refractivity contribution in [1.82, 2.24) is 15.0 Å². The molecule has 1 N–H and O–H groups in total. The van der Waals surface area contributed by atoms with Crippen molar-refractivity contribution >= 4 is 23.2 Å². The van der Waals surface area contributed by atoms with Crippen molar-refractivity contribution in [2.45, 2.75) is 32.8 Å². The number of aliphatic hydroxyl groups excluding tert-OH is 1. The fourth-order valence-electron chi connectivity index (χ4n) is 2.01. The molecular formula is C13H15Cl2N3O. The summed E-state index contributed by atoms with van der Waals surface area (Å²) in [4.78, 5) is 0. The van der Waals surface area contributed by atoms with Gasteiger partial charge in [0.2, 0.25) is 0 Å². The first kappa shape index (κ1) is 14.3. The SMILES string of the molecule is CC(C)(C)c1c(CO)nnn1-c1cc(Cl)cc(Cl)c1. The quantitative estimate of drug-likeness (QED) is 0.925. The molecule has 2 aromatic rings. The molecule has 0 aliphatic rings. The molecule has 0 saturated carbocycles. The molecule has 0 saturated heterocycles. The first-order valence-electron chi connectivity index (χ1n) is 5.85. The van der Waals surface area contributed by atoms with E-state index in [1.807, 2.05) is 20.8 Å². The maximum absolute atomic E-state index is 9.38. The second-order valence-corrected chi connectivity index (χ2v) is 6.21. The first-order valence-corrected chi connectivity index (χ1v) is 6.61. The number of hydrogen-bond donors (Lipinski definition) is 1. The van der Waals surface area contributed by atoms with Crippen LogP contribution in [0, 0.1) is 0 Å². The summed E-state index contributed by atoms with van der Waals surface area (Å²) < 4.78 is 1.67. The Bertz CT molecular complexity index is 582. The van der Waals surface area contributed by atoms with E-state index in [9.17, 15) is 5.11 Å². The van der Waals surface area contributed by atoms with Crippen LogP contribution in [-0.4, -0.2) is 20.1 Å². The van der Waals surface area contributed by atoms with Gasteiger partial charge in [-0.2, -0.15) is 0 Å². The Balaban J connectivity index is 2.66. The lowest BCUT2D eigenvalue weighted by molar-refractivity contribution is 0.273. The molecule has 0 spiro atoms. The van der Waals surface area contributed by atoms with Crippen molar-refractivity contribution in [3.63, 3.8) is 0 Å². The molecule has 1 aromatic heterocycles. The summed E-state index contributed by atoms with van der Waals surface area (Å²) in [6.45, 7) is 5.95. The van der Waals surface area contributed by atoms with Gasteiger partial charge in [0.1, 0.15) is 5.69 Å². The Morgan fingerprint density at radius 2 is 1.74 bits per heavy atom. The van der Waals surface area contributed by atoms with Gasteiger partial charge in [-0.3, -0.25) is 0 Å². The number of rotatable bonds is 2. The normalized spacial score (nSPS) is 11.9. The maximum Gasteiger partial charge on any atom is 0.112 e. The molecule has 0 radical (unpaired) electrons. The van der Waals surface area contributed by atoms with E-state index < -0.39 is 0 Å². The van der Waals surface area contributed by atoms with Gasteiger partial charge in [0.25, 0.3) is 0 Å². The van der Waals surface area contributed by atoms with Crippen molar-refractivity contribution in [1.29, 1.82) is 0 Å². The van der Waals surface area contributed by atoms with Gasteiger partial charge in [-0.05, 0) is 18.2 Å². The minimum atomic E-state index is -0.212. The molecule has 102 valence electrons. The van der Waals surface area contributed by atoms with Crippen LogP contribution in [0.4, 0.5) is 0 Å². The zero-order chi connectivity index (χ0) is 14.2. The topological polar surface area (TPSA) is 50.9 Å². The highest BCUT2D eigenvalue weighted by molar-refractivity contribution is 6.34. The first-order chi connectivity index (χ1) is 8.82. The summed E-state index contributed by atoms with van der Waals surface area (Å²) in [6, 6.07) is 5.18. The largest absolute Gasteiger partial charge is 0.390 e. The fraction of sp³-hybridized carbons (Fsp3) is 0.385. The van der Waals surface area contributed by atoms with Gasteiger partial charge >= 0.3 is 0 Å². The van der Waals surface area contributed by atoms with E-state index in [0.29, 0.717) is 15.7 Å². The highest BCUT2D eigenvalue weighted by atomic mass is 35.5. The molecule has 4 nitrogen and oxygen atoms in total. The summed E-state index contributed by atoms with van der Waals surface area (Å²) in [5, 5.41) is 18.6. The Morgan fingerprint density at radius 1 is 1.16 bits per heavy atom. The molecule has 6 heteroatoms. The number of halogens is 2. The standard InChI is InChI=1S/C13H15Cl2N3O/c1-13(2,3)12-11(7-19)16-17-18(12)10-5-8(14)4-9(15)6-10/h4-6,19H,7H2,1-3H3. The van der Waals surface area contributed by atoms with E-state index in [-0.39, 0.29) is 12.0 Å². The summed E-state index contributed by atoms with van der Waals surface area (Å²) >= 11 is 12.0. The van der Waals surface area contributed by atoms with Crippen LogP contribution in [0.3, 0.4) is 0 Å². The molecule has 0 bridgehead atoms. The summed E-state index contributed by atoms with van der Waals surface area (Å²) in [5.41, 5.74) is 1.92. The van der Waals surface area contributed by atoms with E-state index in [2.05, 4.69) is 10.3 Å². The van der Waals surface area contributed by atoms with Gasteiger partial charge in [-0.15, -0.1) is 5.10 Å². The predicted octanol–water partition coefficient (Wildman–Crippen LogP) is 3.36. The van der Waals surface area contributed by atoms with Gasteiger partial charge in [0.15, 0.2) is 0 Å². The maximum atomic E-state index is 9.38. The summed E-state index contributed by atoms with van der Waals surface area (Å²) in [5.74, 6) is 0. The minimum absolute atomic E-state index is 0.152. The monoisotopic (exact) mass is 299 g/mol. The molecule has 19 heavy (non-hydrogen) atoms. The Morgan fingerprint density at radius 3 is 2.21 bits per heavy atom. The van der Waals surface area contributed by atoms with Crippen molar-refractivity contribution in [3.8, 4) is 5.69 Å². The van der Waals surface area contributed by atoms with Crippen molar-refractivity contribution < 1.29 is 5.11 Å². The number of benzene rings is 1. The fourth-order valence-corrected chi connectivity index (χ4v) is 2.53. The van der Waals surface area contributed by atoms with E-state index in [0.717, 1.165) is 11.4 Å². The molecule has 1 aromatic carbocycles. The van der Waals surface area contributed by atoms with Gasteiger partial charge in [-0.25, -0.2) is 4.68 Å². The number of hydrogen-bond acceptors (Lipinski definition) is 3. The molecule has 0 amide bonds. The number of nitrogens with zero attached hydrogens (tertiary/aromatic N) is 3. The lowest BCUT2D eigenvalue weighted by Crippen LogP contribution is -2.19. The van der Waals surface area contributed by atoms with Gasteiger partial charge in [-0.1, -0.05) is 49.2 Å². The van der Waals surface area contributed by atoms with Crippen LogP contribution in [0.2, 0.25) is 10.0 Å². The molecular weight excluding hydrogens is 285 g/mol. The van der Waals surface area contributed by atoms with Gasteiger partial charge in [0, 0.05) is 15.5 Å². The molecule has 1 heterocycles. The zero-order valence-corrected chi connectivity index (χ0v) is 12.5. The third-order valence-electron chi connectivity index (χ3n) is 2.69. The third-order valence-corrected chi connectivity index (χ3v) is 3.13. The number of aromatic nitrogens is 3. The average Bonchev–Trinajstić information content (AvgIpc) is 2.70. The average molecular weight is 300 g/mol. The van der Waals surface area contributed by atoms with Gasteiger partial charge < -0.3 is 5.11 Å². The lowest BCUT2D eigenvalue weighted by atomic mass is 9.90. The summed E-state index contributed by atoms with van der Waals surface area (Å²) in [7, 11) is 0. The Hall–Kier alpha value is -1.10. The minimum Gasteiger partial charge on any atom is -0.390 e. The van der Waals surface area contributed by atoms with Crippen LogP contribution in [0.1, 0.15) is 32.2 Å². The highest BCUT2D eigenvalue weighted by Crippen LogP contribution is 2.29. The molecule has 0 aliphatic heterocycles. The van der Waals surface area contributed by atoms with Crippen molar-refractivity contribution in [2.24, 2.45) is 0 Å².